The number of likely N-dealkylation sites (tertiary alicyclic amines) is 1. The second kappa shape index (κ2) is 5.19. The second-order valence-electron chi connectivity index (χ2n) is 4.79. The summed E-state index contributed by atoms with van der Waals surface area (Å²) in [4.78, 5) is 2.40. The molecule has 2 nitrogen and oxygen atoms in total. The van der Waals surface area contributed by atoms with E-state index in [0.29, 0.717) is 0 Å². The zero-order valence-electron chi connectivity index (χ0n) is 9.75. The van der Waals surface area contributed by atoms with E-state index in [1.807, 2.05) is 12.1 Å². The molecule has 1 fully saturated rings. The zero-order chi connectivity index (χ0) is 11.5. The van der Waals surface area contributed by atoms with E-state index in [-0.39, 0.29) is 0 Å². The molecule has 1 heterocycles. The second-order valence-corrected chi connectivity index (χ2v) is 5.71. The van der Waals surface area contributed by atoms with Crippen molar-refractivity contribution in [1.82, 2.24) is 4.90 Å². The molecule has 0 radical (unpaired) electrons. The molecule has 0 unspecified atom stereocenters. The molecule has 1 aliphatic heterocycles. The number of anilines is 1. The lowest BCUT2D eigenvalue weighted by molar-refractivity contribution is 0.219. The molecule has 0 atom stereocenters. The van der Waals surface area contributed by atoms with Gasteiger partial charge in [-0.1, -0.05) is 15.9 Å². The van der Waals surface area contributed by atoms with Crippen LogP contribution in [0.4, 0.5) is 5.69 Å². The molecule has 1 aromatic carbocycles. The minimum absolute atomic E-state index is 0.799. The molecule has 0 spiro atoms. The monoisotopic (exact) mass is 282 g/mol. The molecule has 2 rings (SSSR count). The van der Waals surface area contributed by atoms with Crippen LogP contribution in [0, 0.1) is 5.92 Å². The first-order chi connectivity index (χ1) is 7.65. The van der Waals surface area contributed by atoms with Gasteiger partial charge in [0.05, 0.1) is 0 Å². The highest BCUT2D eigenvalue weighted by atomic mass is 79.9. The lowest BCUT2D eigenvalue weighted by Crippen LogP contribution is -2.31. The normalized spacial score (nSPS) is 18.9. The van der Waals surface area contributed by atoms with Crippen LogP contribution in [-0.2, 0) is 6.42 Å². The highest BCUT2D eigenvalue weighted by molar-refractivity contribution is 9.10. The number of nitrogen functional groups attached to an aromatic ring is 1. The summed E-state index contributed by atoms with van der Waals surface area (Å²) in [5.74, 6) is 0.799. The van der Waals surface area contributed by atoms with Gasteiger partial charge in [-0.05, 0) is 69.1 Å². The maximum absolute atomic E-state index is 6.00. The molecule has 0 saturated carbocycles. The predicted octanol–water partition coefficient (Wildman–Crippen LogP) is 2.92. The number of halogens is 1. The van der Waals surface area contributed by atoms with Crippen LogP contribution in [-0.4, -0.2) is 25.0 Å². The van der Waals surface area contributed by atoms with E-state index in [0.717, 1.165) is 22.5 Å². The van der Waals surface area contributed by atoms with Crippen molar-refractivity contribution in [2.45, 2.75) is 19.3 Å². The summed E-state index contributed by atoms with van der Waals surface area (Å²) in [7, 11) is 2.20. The molecule has 1 saturated heterocycles. The molecule has 0 amide bonds. The van der Waals surface area contributed by atoms with E-state index >= 15 is 0 Å². The Bertz CT molecular complexity index is 357. The van der Waals surface area contributed by atoms with Gasteiger partial charge in [0.15, 0.2) is 0 Å². The first kappa shape index (κ1) is 11.9. The number of hydrogen-bond acceptors (Lipinski definition) is 2. The molecule has 0 aliphatic carbocycles. The minimum Gasteiger partial charge on any atom is -0.399 e. The average molecular weight is 283 g/mol. The Kier molecular flexibility index (Phi) is 3.87. The molecule has 1 aliphatic rings. The van der Waals surface area contributed by atoms with E-state index in [4.69, 9.17) is 5.73 Å². The fourth-order valence-corrected chi connectivity index (χ4v) is 2.74. The van der Waals surface area contributed by atoms with Crippen molar-refractivity contribution in [2.75, 3.05) is 25.9 Å². The van der Waals surface area contributed by atoms with Crippen LogP contribution in [0.25, 0.3) is 0 Å². The van der Waals surface area contributed by atoms with Gasteiger partial charge in [0, 0.05) is 10.2 Å². The number of nitrogens with two attached hydrogens (primary N) is 1. The van der Waals surface area contributed by atoms with Crippen molar-refractivity contribution in [3.05, 3.63) is 28.2 Å². The first-order valence-corrected chi connectivity index (χ1v) is 6.67. The molecular weight excluding hydrogens is 264 g/mol. The van der Waals surface area contributed by atoms with Crippen molar-refractivity contribution < 1.29 is 0 Å². The van der Waals surface area contributed by atoms with Gasteiger partial charge >= 0.3 is 0 Å². The predicted molar refractivity (Wildman–Crippen MR) is 72.5 cm³/mol. The van der Waals surface area contributed by atoms with Crippen molar-refractivity contribution in [3.63, 3.8) is 0 Å². The van der Waals surface area contributed by atoms with Crippen molar-refractivity contribution in [3.8, 4) is 0 Å². The summed E-state index contributed by atoms with van der Waals surface area (Å²) in [5, 5.41) is 0. The van der Waals surface area contributed by atoms with Gasteiger partial charge in [-0.3, -0.25) is 0 Å². The van der Waals surface area contributed by atoms with E-state index in [9.17, 15) is 0 Å². The van der Waals surface area contributed by atoms with Crippen molar-refractivity contribution in [1.29, 1.82) is 0 Å². The molecule has 16 heavy (non-hydrogen) atoms. The number of benzene rings is 1. The quantitative estimate of drug-likeness (QED) is 0.846. The van der Waals surface area contributed by atoms with Gasteiger partial charge in [0.25, 0.3) is 0 Å². The van der Waals surface area contributed by atoms with Crippen LogP contribution in [0.1, 0.15) is 18.4 Å². The lowest BCUT2D eigenvalue weighted by Gasteiger charge is -2.29. The minimum atomic E-state index is 0.799. The molecule has 1 aromatic rings. The maximum atomic E-state index is 6.00. The summed E-state index contributed by atoms with van der Waals surface area (Å²) in [6, 6.07) is 6.16. The molecule has 88 valence electrons. The van der Waals surface area contributed by atoms with Crippen LogP contribution in [0.15, 0.2) is 22.7 Å². The third kappa shape index (κ3) is 2.98. The Labute approximate surface area is 106 Å². The summed E-state index contributed by atoms with van der Waals surface area (Å²) in [6.07, 6.45) is 3.71. The summed E-state index contributed by atoms with van der Waals surface area (Å²) in [6.45, 7) is 2.44. The third-order valence-corrected chi connectivity index (χ3v) is 3.94. The number of rotatable bonds is 2. The van der Waals surface area contributed by atoms with Gasteiger partial charge in [-0.25, -0.2) is 0 Å². The summed E-state index contributed by atoms with van der Waals surface area (Å²) < 4.78 is 1.13. The molecule has 2 N–H and O–H groups in total. The van der Waals surface area contributed by atoms with Crippen molar-refractivity contribution >= 4 is 21.6 Å². The van der Waals surface area contributed by atoms with Crippen LogP contribution in [0.3, 0.4) is 0 Å². The largest absolute Gasteiger partial charge is 0.399 e. The fourth-order valence-electron chi connectivity index (χ4n) is 2.33. The van der Waals surface area contributed by atoms with Gasteiger partial charge in [-0.15, -0.1) is 0 Å². The molecule has 0 bridgehead atoms. The number of piperidine rings is 1. The lowest BCUT2D eigenvalue weighted by atomic mass is 9.90. The smallest absolute Gasteiger partial charge is 0.0347 e. The van der Waals surface area contributed by atoms with Crippen LogP contribution < -0.4 is 5.73 Å². The standard InChI is InChI=1S/C13H19BrN2/c1-16-6-4-10(5-7-16)8-11-9-12(14)2-3-13(11)15/h2-3,9-10H,4-8,15H2,1H3. The summed E-state index contributed by atoms with van der Waals surface area (Å²) in [5.41, 5.74) is 8.23. The van der Waals surface area contributed by atoms with Crippen LogP contribution in [0.5, 0.6) is 0 Å². The first-order valence-electron chi connectivity index (χ1n) is 5.87. The Morgan fingerprint density at radius 3 is 2.75 bits per heavy atom. The van der Waals surface area contributed by atoms with Gasteiger partial charge in [0.2, 0.25) is 0 Å². The molecule has 3 heteroatoms. The van der Waals surface area contributed by atoms with Crippen LogP contribution >= 0.6 is 15.9 Å². The zero-order valence-corrected chi connectivity index (χ0v) is 11.3. The Morgan fingerprint density at radius 2 is 2.06 bits per heavy atom. The molecular formula is C13H19BrN2. The van der Waals surface area contributed by atoms with Gasteiger partial charge in [0.1, 0.15) is 0 Å². The van der Waals surface area contributed by atoms with E-state index in [2.05, 4.69) is 33.9 Å². The highest BCUT2D eigenvalue weighted by Crippen LogP contribution is 2.26. The Morgan fingerprint density at radius 1 is 1.38 bits per heavy atom. The number of nitrogens with zero attached hydrogens (tertiary/aromatic N) is 1. The SMILES string of the molecule is CN1CCC(Cc2cc(Br)ccc2N)CC1. The highest BCUT2D eigenvalue weighted by Gasteiger charge is 2.17. The third-order valence-electron chi connectivity index (χ3n) is 3.45. The summed E-state index contributed by atoms with van der Waals surface area (Å²) >= 11 is 3.51. The average Bonchev–Trinajstić information content (AvgIpc) is 2.27. The van der Waals surface area contributed by atoms with Gasteiger partial charge in [-0.2, -0.15) is 0 Å². The fraction of sp³-hybridized carbons (Fsp3) is 0.538. The van der Waals surface area contributed by atoms with E-state index in [1.165, 1.54) is 31.5 Å². The maximum Gasteiger partial charge on any atom is 0.0347 e. The Hall–Kier alpha value is -0.540. The molecule has 0 aromatic heterocycles. The van der Waals surface area contributed by atoms with Crippen molar-refractivity contribution in [2.24, 2.45) is 5.92 Å². The van der Waals surface area contributed by atoms with E-state index < -0.39 is 0 Å². The van der Waals surface area contributed by atoms with Crippen LogP contribution in [0.2, 0.25) is 0 Å². The van der Waals surface area contributed by atoms with Gasteiger partial charge < -0.3 is 10.6 Å². The topological polar surface area (TPSA) is 29.3 Å². The van der Waals surface area contributed by atoms with E-state index in [1.54, 1.807) is 0 Å². The Balaban J connectivity index is 2.00. The number of hydrogen-bond donors (Lipinski definition) is 1.